The first-order valence-electron chi connectivity index (χ1n) is 2.20. The van der Waals surface area contributed by atoms with Gasteiger partial charge < -0.3 is 14.2 Å². The first kappa shape index (κ1) is 5.24. The molecule has 0 spiro atoms. The summed E-state index contributed by atoms with van der Waals surface area (Å²) in [6.07, 6.45) is 0. The summed E-state index contributed by atoms with van der Waals surface area (Å²) in [4.78, 5) is 0. The largest absolute Gasteiger partial charge is 1.00 e. The van der Waals surface area contributed by atoms with Gasteiger partial charge in [-0.1, -0.05) is 0 Å². The normalized spacial score (nSPS) is 25.7. The van der Waals surface area contributed by atoms with Gasteiger partial charge in [-0.15, -0.1) is 0 Å². The number of hydrogen-bond donors (Lipinski definition) is 0. The highest BCUT2D eigenvalue weighted by Gasteiger charge is 2.05. The van der Waals surface area contributed by atoms with Gasteiger partial charge in [-0.3, -0.25) is 0 Å². The Balaban J connectivity index is 0.000000490. The van der Waals surface area contributed by atoms with Gasteiger partial charge in [0.05, 0.1) is 10.2 Å². The minimum atomic E-state index is 0. The van der Waals surface area contributed by atoms with Crippen molar-refractivity contribution in [2.24, 2.45) is 0 Å². The molecular formula is C3H9O3Si+. The van der Waals surface area contributed by atoms with E-state index >= 15 is 0 Å². The van der Waals surface area contributed by atoms with E-state index in [0.717, 1.165) is 10.2 Å². The highest BCUT2D eigenvalue weighted by atomic mass is 28.1. The van der Waals surface area contributed by atoms with Crippen molar-refractivity contribution in [2.75, 3.05) is 13.6 Å². The second-order valence-corrected chi connectivity index (χ2v) is 2.28. The lowest BCUT2D eigenvalue weighted by atomic mass is 11.2. The molecule has 42 valence electrons. The molecule has 0 N–H and O–H groups in total. The van der Waals surface area contributed by atoms with E-state index in [4.69, 9.17) is 14.2 Å². The van der Waals surface area contributed by atoms with Crippen molar-refractivity contribution in [2.45, 2.75) is 5.91 Å². The standard InChI is InChI=1S/C3H8O3Si/c7-3-5-1-4-2-6-3/h3H,1-2H2,7H3/p+1. The van der Waals surface area contributed by atoms with Crippen molar-refractivity contribution >= 4 is 10.2 Å². The minimum absolute atomic E-state index is 0. The fourth-order valence-corrected chi connectivity index (χ4v) is 0.642. The quantitative estimate of drug-likeness (QED) is 0.374. The molecule has 0 radical (unpaired) electrons. The van der Waals surface area contributed by atoms with Crippen LogP contribution in [0.1, 0.15) is 1.43 Å². The molecule has 7 heavy (non-hydrogen) atoms. The summed E-state index contributed by atoms with van der Waals surface area (Å²) in [5, 5.41) is 0. The molecule has 1 fully saturated rings. The van der Waals surface area contributed by atoms with Crippen molar-refractivity contribution < 1.29 is 15.6 Å². The molecule has 0 unspecified atom stereocenters. The maximum atomic E-state index is 4.90. The first-order chi connectivity index (χ1) is 3.39. The van der Waals surface area contributed by atoms with E-state index in [2.05, 4.69) is 0 Å². The molecule has 0 aliphatic carbocycles. The predicted molar refractivity (Wildman–Crippen MR) is 27.8 cm³/mol. The van der Waals surface area contributed by atoms with Crippen LogP contribution >= 0.6 is 0 Å². The zero-order valence-electron chi connectivity index (χ0n) is 5.22. The molecule has 0 aromatic rings. The van der Waals surface area contributed by atoms with Crippen molar-refractivity contribution in [3.05, 3.63) is 0 Å². The third-order valence-electron chi connectivity index (χ3n) is 0.772. The molecule has 0 amide bonds. The predicted octanol–water partition coefficient (Wildman–Crippen LogP) is -1.27. The number of rotatable bonds is 0. The molecule has 0 saturated carbocycles. The van der Waals surface area contributed by atoms with Crippen LogP contribution in [0.3, 0.4) is 0 Å². The third kappa shape index (κ3) is 1.56. The van der Waals surface area contributed by atoms with Crippen molar-refractivity contribution in [1.82, 2.24) is 0 Å². The van der Waals surface area contributed by atoms with Gasteiger partial charge in [-0.05, 0) is 0 Å². The lowest BCUT2D eigenvalue weighted by Gasteiger charge is -2.19. The second kappa shape index (κ2) is 2.42. The second-order valence-electron chi connectivity index (χ2n) is 1.34. The zero-order chi connectivity index (χ0) is 5.11. The van der Waals surface area contributed by atoms with Gasteiger partial charge in [0.2, 0.25) is 0 Å². The Morgan fingerprint density at radius 2 is 2.00 bits per heavy atom. The number of ether oxygens (including phenoxy) is 3. The fourth-order valence-electron chi connectivity index (χ4n) is 0.370. The van der Waals surface area contributed by atoms with Crippen LogP contribution in [0.25, 0.3) is 0 Å². The summed E-state index contributed by atoms with van der Waals surface area (Å²) in [5.41, 5.74) is 0. The fraction of sp³-hybridized carbons (Fsp3) is 1.00. The summed E-state index contributed by atoms with van der Waals surface area (Å²) in [5.74, 6) is 0.0498. The maximum absolute atomic E-state index is 4.90. The molecule has 0 bridgehead atoms. The Kier molecular flexibility index (Phi) is 1.81. The monoisotopic (exact) mass is 121 g/mol. The van der Waals surface area contributed by atoms with E-state index < -0.39 is 0 Å². The van der Waals surface area contributed by atoms with Gasteiger partial charge >= 0.3 is 1.43 Å². The van der Waals surface area contributed by atoms with Gasteiger partial charge in [0.15, 0.2) is 13.6 Å². The van der Waals surface area contributed by atoms with Crippen molar-refractivity contribution in [3.63, 3.8) is 0 Å². The molecule has 0 aromatic heterocycles. The third-order valence-corrected chi connectivity index (χ3v) is 1.44. The van der Waals surface area contributed by atoms with Crippen LogP contribution in [0.15, 0.2) is 0 Å². The van der Waals surface area contributed by atoms with E-state index in [9.17, 15) is 0 Å². The van der Waals surface area contributed by atoms with Gasteiger partial charge in [0.1, 0.15) is 5.91 Å². The molecule has 0 aromatic carbocycles. The lowest BCUT2D eigenvalue weighted by molar-refractivity contribution is -0.267. The van der Waals surface area contributed by atoms with Crippen molar-refractivity contribution in [3.8, 4) is 0 Å². The van der Waals surface area contributed by atoms with Crippen LogP contribution < -0.4 is 0 Å². The topological polar surface area (TPSA) is 27.7 Å². The Morgan fingerprint density at radius 3 is 2.29 bits per heavy atom. The van der Waals surface area contributed by atoms with Crippen LogP contribution in [0.2, 0.25) is 0 Å². The van der Waals surface area contributed by atoms with E-state index in [1.807, 2.05) is 0 Å². The Bertz CT molecular complexity index is 56.5. The summed E-state index contributed by atoms with van der Waals surface area (Å²) < 4.78 is 14.5. The molecule has 1 saturated heterocycles. The smallest absolute Gasteiger partial charge is 0.331 e. The highest BCUT2D eigenvalue weighted by Crippen LogP contribution is 1.95. The summed E-state index contributed by atoms with van der Waals surface area (Å²) in [7, 11) is 0.926. The van der Waals surface area contributed by atoms with Gasteiger partial charge in [-0.2, -0.15) is 0 Å². The average molecular weight is 121 g/mol. The van der Waals surface area contributed by atoms with Gasteiger partial charge in [0, 0.05) is 0 Å². The molecule has 1 aliphatic heterocycles. The van der Waals surface area contributed by atoms with Crippen LogP contribution in [-0.2, 0) is 14.2 Å². The number of hydrogen-bond acceptors (Lipinski definition) is 3. The SMILES string of the molecule is [H+].[SiH3]C1OCOCO1. The molecular weight excluding hydrogens is 112 g/mol. The summed E-state index contributed by atoms with van der Waals surface area (Å²) in [6.45, 7) is 0.794. The Labute approximate surface area is 46.5 Å². The van der Waals surface area contributed by atoms with Crippen molar-refractivity contribution in [1.29, 1.82) is 0 Å². The van der Waals surface area contributed by atoms with Gasteiger partial charge in [-0.25, -0.2) is 0 Å². The van der Waals surface area contributed by atoms with Gasteiger partial charge in [0.25, 0.3) is 0 Å². The van der Waals surface area contributed by atoms with E-state index in [1.54, 1.807) is 0 Å². The minimum Gasteiger partial charge on any atom is -0.331 e. The van der Waals surface area contributed by atoms with Crippen LogP contribution in [-0.4, -0.2) is 29.7 Å². The first-order valence-corrected chi connectivity index (χ1v) is 3.36. The molecule has 0 atom stereocenters. The highest BCUT2D eigenvalue weighted by molar-refractivity contribution is 6.10. The lowest BCUT2D eigenvalue weighted by Crippen LogP contribution is -2.26. The van der Waals surface area contributed by atoms with Crippen LogP contribution in [0.5, 0.6) is 0 Å². The van der Waals surface area contributed by atoms with Crippen LogP contribution in [0.4, 0.5) is 0 Å². The van der Waals surface area contributed by atoms with Crippen LogP contribution in [0, 0.1) is 0 Å². The molecule has 1 aliphatic rings. The molecule has 1 rings (SSSR count). The Morgan fingerprint density at radius 1 is 1.43 bits per heavy atom. The molecule has 1 heterocycles. The van der Waals surface area contributed by atoms with E-state index in [-0.39, 0.29) is 7.34 Å². The van der Waals surface area contributed by atoms with E-state index in [0.29, 0.717) is 13.6 Å². The summed E-state index contributed by atoms with van der Waals surface area (Å²) in [6, 6.07) is 0. The Hall–Kier alpha value is 0.0969. The summed E-state index contributed by atoms with van der Waals surface area (Å²) >= 11 is 0. The van der Waals surface area contributed by atoms with E-state index in [1.165, 1.54) is 0 Å². The molecule has 3 nitrogen and oxygen atoms in total. The zero-order valence-corrected chi connectivity index (χ0v) is 6.22. The molecule has 4 heteroatoms. The maximum Gasteiger partial charge on any atom is 1.00 e. The average Bonchev–Trinajstić information content (AvgIpc) is 1.69.